The molecule has 0 saturated heterocycles. The number of hydrogen-bond acceptors (Lipinski definition) is 1. The molecule has 3 aromatic rings. The largest absolute Gasteiger partial charge is 0.508 e. The molecule has 0 saturated carbocycles. The van der Waals surface area contributed by atoms with Gasteiger partial charge in [0.2, 0.25) is 0 Å². The summed E-state index contributed by atoms with van der Waals surface area (Å²) in [6.07, 6.45) is 1.86. The molecule has 92 valence electrons. The Morgan fingerprint density at radius 3 is 2.74 bits per heavy atom. The van der Waals surface area contributed by atoms with Gasteiger partial charge in [0.05, 0.1) is 12.1 Å². The smallest absolute Gasteiger partial charge is 0.188 e. The summed E-state index contributed by atoms with van der Waals surface area (Å²) in [5.74, 6) is 0.269. The number of aryl methyl sites for hydroxylation is 1. The maximum Gasteiger partial charge on any atom is 0.188 e. The topological polar surface area (TPSA) is 40.4 Å². The molecule has 0 radical (unpaired) electrons. The number of aromatic amines is 1. The molecule has 1 aromatic heterocycles. The molecule has 0 amide bonds. The fourth-order valence-electron chi connectivity index (χ4n) is 2.23. The molecule has 0 aliphatic carbocycles. The van der Waals surface area contributed by atoms with Gasteiger partial charge < -0.3 is 10.1 Å². The molecule has 2 aromatic carbocycles. The monoisotopic (exact) mass is 248 g/mol. The van der Waals surface area contributed by atoms with E-state index in [9.17, 15) is 5.11 Å². The molecule has 3 nitrogen and oxygen atoms in total. The predicted molar refractivity (Wildman–Crippen MR) is 76.4 cm³/mol. The minimum atomic E-state index is 0.269. The molecular weight excluding hydrogens is 236 g/mol. The van der Waals surface area contributed by atoms with E-state index < -0.39 is 0 Å². The summed E-state index contributed by atoms with van der Waals surface area (Å²) in [5.41, 5.74) is 4.26. The molecular formula is C16H12N2O. The van der Waals surface area contributed by atoms with Crippen molar-refractivity contribution in [3.05, 3.63) is 59.6 Å². The van der Waals surface area contributed by atoms with Crippen molar-refractivity contribution in [1.29, 1.82) is 0 Å². The summed E-state index contributed by atoms with van der Waals surface area (Å²) < 4.78 is 0. The van der Waals surface area contributed by atoms with Gasteiger partial charge in [-0.3, -0.25) is 0 Å². The number of aromatic hydroxyl groups is 1. The summed E-state index contributed by atoms with van der Waals surface area (Å²) in [6, 6.07) is 11.2. The molecule has 0 aliphatic rings. The first-order valence-electron chi connectivity index (χ1n) is 5.97. The van der Waals surface area contributed by atoms with Crippen molar-refractivity contribution in [1.82, 2.24) is 4.98 Å². The zero-order valence-electron chi connectivity index (χ0n) is 10.4. The van der Waals surface area contributed by atoms with E-state index in [1.807, 2.05) is 43.5 Å². The third-order valence-electron chi connectivity index (χ3n) is 3.29. The summed E-state index contributed by atoms with van der Waals surface area (Å²) in [5, 5.41) is 10.8. The van der Waals surface area contributed by atoms with E-state index in [0.29, 0.717) is 5.69 Å². The van der Waals surface area contributed by atoms with Gasteiger partial charge in [0, 0.05) is 6.20 Å². The minimum absolute atomic E-state index is 0.269. The molecule has 0 unspecified atom stereocenters. The maximum absolute atomic E-state index is 9.84. The number of nitrogens with zero attached hydrogens (tertiary/aromatic N) is 1. The van der Waals surface area contributed by atoms with E-state index in [-0.39, 0.29) is 5.75 Å². The highest BCUT2D eigenvalue weighted by atomic mass is 16.3. The van der Waals surface area contributed by atoms with Gasteiger partial charge in [-0.1, -0.05) is 12.1 Å². The van der Waals surface area contributed by atoms with Crippen LogP contribution in [0.2, 0.25) is 0 Å². The predicted octanol–water partition coefficient (Wildman–Crippen LogP) is 4.40. The maximum atomic E-state index is 9.84. The quantitative estimate of drug-likeness (QED) is 0.616. The number of benzene rings is 2. The molecule has 0 atom stereocenters. The Hall–Kier alpha value is -2.73. The summed E-state index contributed by atoms with van der Waals surface area (Å²) in [4.78, 5) is 6.69. The molecule has 0 fully saturated rings. The highest BCUT2D eigenvalue weighted by Gasteiger charge is 2.08. The first kappa shape index (κ1) is 11.4. The van der Waals surface area contributed by atoms with E-state index in [2.05, 4.69) is 9.83 Å². The standard InChI is InChI=1S/C16H12N2O/c1-10-3-4-11(8-15(10)19)14-9-13(17-2)7-12-5-6-18-16(12)14/h3-9,18-19H,1H3. The van der Waals surface area contributed by atoms with Gasteiger partial charge >= 0.3 is 0 Å². The highest BCUT2D eigenvalue weighted by molar-refractivity contribution is 5.97. The van der Waals surface area contributed by atoms with Gasteiger partial charge in [-0.05, 0) is 53.3 Å². The summed E-state index contributed by atoms with van der Waals surface area (Å²) >= 11 is 0. The van der Waals surface area contributed by atoms with Crippen LogP contribution in [-0.4, -0.2) is 10.1 Å². The van der Waals surface area contributed by atoms with Gasteiger partial charge in [-0.25, -0.2) is 4.85 Å². The van der Waals surface area contributed by atoms with Gasteiger partial charge in [-0.15, -0.1) is 0 Å². The molecule has 0 bridgehead atoms. The molecule has 0 spiro atoms. The van der Waals surface area contributed by atoms with Crippen LogP contribution in [0.25, 0.3) is 26.9 Å². The molecule has 1 heterocycles. The zero-order chi connectivity index (χ0) is 13.4. The van der Waals surface area contributed by atoms with Crippen molar-refractivity contribution in [3.8, 4) is 16.9 Å². The normalized spacial score (nSPS) is 10.5. The fourth-order valence-corrected chi connectivity index (χ4v) is 2.23. The Morgan fingerprint density at radius 1 is 1.16 bits per heavy atom. The highest BCUT2D eigenvalue weighted by Crippen LogP contribution is 2.34. The molecule has 2 N–H and O–H groups in total. The second kappa shape index (κ2) is 4.18. The van der Waals surface area contributed by atoms with Gasteiger partial charge in [0.1, 0.15) is 5.75 Å². The van der Waals surface area contributed by atoms with E-state index in [1.54, 1.807) is 6.07 Å². The van der Waals surface area contributed by atoms with E-state index in [0.717, 1.165) is 27.6 Å². The van der Waals surface area contributed by atoms with Crippen LogP contribution in [0.15, 0.2) is 42.6 Å². The van der Waals surface area contributed by atoms with Crippen LogP contribution in [0.4, 0.5) is 5.69 Å². The van der Waals surface area contributed by atoms with Crippen LogP contribution in [0.1, 0.15) is 5.56 Å². The Balaban J connectivity index is 2.31. The van der Waals surface area contributed by atoms with Crippen LogP contribution < -0.4 is 0 Å². The number of hydrogen-bond donors (Lipinski definition) is 2. The van der Waals surface area contributed by atoms with E-state index in [4.69, 9.17) is 6.57 Å². The summed E-state index contributed by atoms with van der Waals surface area (Å²) in [6.45, 7) is 9.03. The van der Waals surface area contributed by atoms with Crippen LogP contribution in [-0.2, 0) is 0 Å². The van der Waals surface area contributed by atoms with Crippen molar-refractivity contribution < 1.29 is 5.11 Å². The molecule has 0 aliphatic heterocycles. The third-order valence-corrected chi connectivity index (χ3v) is 3.29. The van der Waals surface area contributed by atoms with Gasteiger partial charge in [-0.2, -0.15) is 0 Å². The first-order chi connectivity index (χ1) is 9.19. The Labute approximate surface area is 111 Å². The van der Waals surface area contributed by atoms with Gasteiger partial charge in [0.25, 0.3) is 0 Å². The second-order valence-electron chi connectivity index (χ2n) is 4.55. The number of phenolic OH excluding ortho intramolecular Hbond substituents is 1. The first-order valence-corrected chi connectivity index (χ1v) is 5.97. The number of phenols is 1. The Kier molecular flexibility index (Phi) is 2.50. The SMILES string of the molecule is [C-]#[N+]c1cc(-c2ccc(C)c(O)c2)c2[nH]ccc2c1. The average molecular weight is 248 g/mol. The lowest BCUT2D eigenvalue weighted by Crippen LogP contribution is -1.82. The number of aromatic nitrogens is 1. The zero-order valence-corrected chi connectivity index (χ0v) is 10.4. The van der Waals surface area contributed by atoms with Gasteiger partial charge in [0.15, 0.2) is 5.69 Å². The van der Waals surface area contributed by atoms with Crippen molar-refractivity contribution in [3.63, 3.8) is 0 Å². The molecule has 19 heavy (non-hydrogen) atoms. The van der Waals surface area contributed by atoms with Crippen LogP contribution in [0.3, 0.4) is 0 Å². The number of nitrogens with one attached hydrogen (secondary N) is 1. The number of H-pyrrole nitrogens is 1. The van der Waals surface area contributed by atoms with E-state index >= 15 is 0 Å². The van der Waals surface area contributed by atoms with E-state index in [1.165, 1.54) is 0 Å². The van der Waals surface area contributed by atoms with Crippen LogP contribution in [0, 0.1) is 13.5 Å². The molecule has 3 rings (SSSR count). The van der Waals surface area contributed by atoms with Crippen molar-refractivity contribution >= 4 is 16.6 Å². The second-order valence-corrected chi connectivity index (χ2v) is 4.55. The van der Waals surface area contributed by atoms with Crippen molar-refractivity contribution in [2.45, 2.75) is 6.92 Å². The minimum Gasteiger partial charge on any atom is -0.508 e. The Morgan fingerprint density at radius 2 is 2.00 bits per heavy atom. The lowest BCUT2D eigenvalue weighted by atomic mass is 10.0. The van der Waals surface area contributed by atoms with Crippen molar-refractivity contribution in [2.24, 2.45) is 0 Å². The lowest BCUT2D eigenvalue weighted by Gasteiger charge is -2.07. The van der Waals surface area contributed by atoms with Crippen LogP contribution >= 0.6 is 0 Å². The number of rotatable bonds is 1. The van der Waals surface area contributed by atoms with Crippen molar-refractivity contribution in [2.75, 3.05) is 0 Å². The molecule has 3 heteroatoms. The lowest BCUT2D eigenvalue weighted by molar-refractivity contribution is 0.471. The summed E-state index contributed by atoms with van der Waals surface area (Å²) in [7, 11) is 0. The fraction of sp³-hybridized carbons (Fsp3) is 0.0625. The number of fused-ring (bicyclic) bond motifs is 1. The third kappa shape index (κ3) is 1.84. The Bertz CT molecular complexity index is 809. The average Bonchev–Trinajstić information content (AvgIpc) is 2.89. The van der Waals surface area contributed by atoms with Crippen LogP contribution in [0.5, 0.6) is 5.75 Å².